The van der Waals surface area contributed by atoms with E-state index in [1.807, 2.05) is 12.5 Å². The fourth-order valence-electron chi connectivity index (χ4n) is 3.71. The van der Waals surface area contributed by atoms with Crippen LogP contribution >= 0.6 is 23.5 Å². The fourth-order valence-corrected chi connectivity index (χ4v) is 4.65. The minimum absolute atomic E-state index is 0.217. The minimum atomic E-state index is -0.745. The van der Waals surface area contributed by atoms with Crippen LogP contribution in [0.5, 0.6) is 23.0 Å². The number of carbonyl (C=O) groups is 4. The first-order chi connectivity index (χ1) is 21.1. The molecule has 2 atom stereocenters. The van der Waals surface area contributed by atoms with E-state index in [4.69, 9.17) is 30.4 Å². The topological polar surface area (TPSA) is 157 Å². The first kappa shape index (κ1) is 36.6. The predicted octanol–water partition coefficient (Wildman–Crippen LogP) is 4.32. The first-order valence-corrected chi connectivity index (χ1v) is 16.6. The molecule has 238 valence electrons. The standard InChI is InChI=1S/C32H40N2O8S2/c1-39-29-18-21(9-13-27(29)41-31(37)25(33)6-5-16-43-3)7-11-23(35)20-24(36)12-8-22-10-14-28(30(19-22)40-2)42-32(38)26(34)15-17-44-4/h7-14,18-19,25-26H,5-6,15-17,20,33-34H2,1-4H3/b11-7+,12-8+/t25-,26-/m0/s1. The number of allylic oxidation sites excluding steroid dienone is 2. The average Bonchev–Trinajstić information content (AvgIpc) is 3.02. The highest BCUT2D eigenvalue weighted by atomic mass is 32.2. The van der Waals surface area contributed by atoms with Crippen LogP contribution in [0.4, 0.5) is 0 Å². The summed E-state index contributed by atoms with van der Waals surface area (Å²) in [6, 6.07) is 8.16. The van der Waals surface area contributed by atoms with Gasteiger partial charge in [0.15, 0.2) is 34.6 Å². The average molecular weight is 645 g/mol. The van der Waals surface area contributed by atoms with Gasteiger partial charge in [0.25, 0.3) is 0 Å². The molecule has 44 heavy (non-hydrogen) atoms. The number of esters is 2. The molecule has 0 aromatic heterocycles. The maximum Gasteiger partial charge on any atom is 0.328 e. The van der Waals surface area contributed by atoms with Crippen LogP contribution in [0.25, 0.3) is 12.2 Å². The Bertz CT molecular complexity index is 1350. The number of carbonyl (C=O) groups excluding carboxylic acids is 4. The second-order valence-corrected chi connectivity index (χ2v) is 11.5. The zero-order chi connectivity index (χ0) is 32.5. The van der Waals surface area contributed by atoms with Gasteiger partial charge < -0.3 is 30.4 Å². The Labute approximate surface area is 266 Å². The summed E-state index contributed by atoms with van der Waals surface area (Å²) in [5.74, 6) is 0.778. The number of hydrogen-bond acceptors (Lipinski definition) is 12. The molecule has 0 amide bonds. The molecule has 0 radical (unpaired) electrons. The fraction of sp³-hybridized carbons (Fsp3) is 0.375. The van der Waals surface area contributed by atoms with Crippen LogP contribution in [0, 0.1) is 0 Å². The molecule has 0 saturated heterocycles. The van der Waals surface area contributed by atoms with Crippen LogP contribution in [-0.4, -0.2) is 73.8 Å². The number of nitrogens with two attached hydrogens (primary N) is 2. The lowest BCUT2D eigenvalue weighted by Crippen LogP contribution is -2.34. The number of methoxy groups -OCH3 is 2. The van der Waals surface area contributed by atoms with Gasteiger partial charge in [-0.15, -0.1) is 0 Å². The summed E-state index contributed by atoms with van der Waals surface area (Å²) in [5, 5.41) is 0. The Morgan fingerprint density at radius 1 is 0.705 bits per heavy atom. The highest BCUT2D eigenvalue weighted by Gasteiger charge is 2.19. The number of thioether (sulfide) groups is 2. The number of benzene rings is 2. The van der Waals surface area contributed by atoms with Crippen LogP contribution in [0.15, 0.2) is 48.6 Å². The monoisotopic (exact) mass is 644 g/mol. The number of ketones is 2. The Morgan fingerprint density at radius 3 is 1.59 bits per heavy atom. The van der Waals surface area contributed by atoms with Crippen molar-refractivity contribution in [3.8, 4) is 23.0 Å². The van der Waals surface area contributed by atoms with Crippen LogP contribution in [0.1, 0.15) is 36.8 Å². The molecule has 2 rings (SSSR count). The van der Waals surface area contributed by atoms with Crippen molar-refractivity contribution in [1.82, 2.24) is 0 Å². The number of rotatable bonds is 19. The van der Waals surface area contributed by atoms with Crippen molar-refractivity contribution in [3.05, 3.63) is 59.7 Å². The normalized spacial score (nSPS) is 12.6. The first-order valence-electron chi connectivity index (χ1n) is 13.8. The van der Waals surface area contributed by atoms with Crippen LogP contribution < -0.4 is 30.4 Å². The smallest absolute Gasteiger partial charge is 0.328 e. The van der Waals surface area contributed by atoms with E-state index in [0.717, 1.165) is 17.9 Å². The summed E-state index contributed by atoms with van der Waals surface area (Å²) in [6.07, 6.45) is 11.1. The molecular weight excluding hydrogens is 604 g/mol. The molecule has 4 N–H and O–H groups in total. The summed E-state index contributed by atoms with van der Waals surface area (Å²) >= 11 is 3.27. The number of ether oxygens (including phenoxy) is 4. The summed E-state index contributed by atoms with van der Waals surface area (Å²) in [4.78, 5) is 49.4. The molecular formula is C32H40N2O8S2. The Kier molecular flexibility index (Phi) is 16.3. The van der Waals surface area contributed by atoms with E-state index in [1.54, 1.807) is 66.0 Å². The van der Waals surface area contributed by atoms with Crippen LogP contribution in [0.2, 0.25) is 0 Å². The molecule has 0 aliphatic rings. The van der Waals surface area contributed by atoms with E-state index in [2.05, 4.69) is 0 Å². The molecule has 0 spiro atoms. The Morgan fingerprint density at radius 2 is 1.16 bits per heavy atom. The Hall–Kier alpha value is -3.58. The van der Waals surface area contributed by atoms with Gasteiger partial charge in [-0.1, -0.05) is 24.3 Å². The van der Waals surface area contributed by atoms with E-state index in [-0.39, 0.29) is 17.9 Å². The van der Waals surface area contributed by atoms with Crippen molar-refractivity contribution in [2.75, 3.05) is 38.2 Å². The van der Waals surface area contributed by atoms with Crippen molar-refractivity contribution in [1.29, 1.82) is 0 Å². The minimum Gasteiger partial charge on any atom is -0.493 e. The molecule has 0 fully saturated rings. The third-order valence-electron chi connectivity index (χ3n) is 6.17. The third kappa shape index (κ3) is 12.6. The van der Waals surface area contributed by atoms with Crippen LogP contribution in [-0.2, 0) is 19.2 Å². The van der Waals surface area contributed by atoms with Gasteiger partial charge in [0.05, 0.1) is 20.6 Å². The van der Waals surface area contributed by atoms with Crippen LogP contribution in [0.3, 0.4) is 0 Å². The van der Waals surface area contributed by atoms with Crippen molar-refractivity contribution < 1.29 is 38.1 Å². The molecule has 0 saturated carbocycles. The lowest BCUT2D eigenvalue weighted by molar-refractivity contribution is -0.136. The molecule has 0 unspecified atom stereocenters. The molecule has 0 aliphatic carbocycles. The predicted molar refractivity (Wildman–Crippen MR) is 177 cm³/mol. The quantitative estimate of drug-likeness (QED) is 0.0735. The lowest BCUT2D eigenvalue weighted by atomic mass is 10.1. The largest absolute Gasteiger partial charge is 0.493 e. The van der Waals surface area contributed by atoms with E-state index in [0.29, 0.717) is 35.5 Å². The Balaban J connectivity index is 1.96. The van der Waals surface area contributed by atoms with Gasteiger partial charge in [-0.25, -0.2) is 9.59 Å². The van der Waals surface area contributed by atoms with Gasteiger partial charge in [-0.3, -0.25) is 9.59 Å². The van der Waals surface area contributed by atoms with E-state index < -0.39 is 35.6 Å². The maximum atomic E-state index is 12.4. The summed E-state index contributed by atoms with van der Waals surface area (Å²) in [7, 11) is 2.87. The lowest BCUT2D eigenvalue weighted by Gasteiger charge is -2.13. The molecule has 12 heteroatoms. The molecule has 10 nitrogen and oxygen atoms in total. The zero-order valence-electron chi connectivity index (χ0n) is 25.4. The second-order valence-electron chi connectivity index (χ2n) is 9.57. The summed E-state index contributed by atoms with van der Waals surface area (Å²) in [6.45, 7) is 0. The summed E-state index contributed by atoms with van der Waals surface area (Å²) < 4.78 is 21.4. The summed E-state index contributed by atoms with van der Waals surface area (Å²) in [5.41, 5.74) is 13.0. The van der Waals surface area contributed by atoms with Gasteiger partial charge in [-0.05, 0) is 90.8 Å². The molecule has 0 aliphatic heterocycles. The zero-order valence-corrected chi connectivity index (χ0v) is 27.0. The highest BCUT2D eigenvalue weighted by Crippen LogP contribution is 2.30. The maximum absolute atomic E-state index is 12.4. The van der Waals surface area contributed by atoms with Gasteiger partial charge in [0.1, 0.15) is 12.1 Å². The van der Waals surface area contributed by atoms with E-state index >= 15 is 0 Å². The van der Waals surface area contributed by atoms with E-state index in [1.165, 1.54) is 32.4 Å². The van der Waals surface area contributed by atoms with Crippen molar-refractivity contribution >= 4 is 59.2 Å². The highest BCUT2D eigenvalue weighted by molar-refractivity contribution is 7.98. The van der Waals surface area contributed by atoms with Crippen molar-refractivity contribution in [2.24, 2.45) is 11.5 Å². The molecule has 2 aromatic carbocycles. The molecule has 0 bridgehead atoms. The number of hydrogen-bond donors (Lipinski definition) is 2. The van der Waals surface area contributed by atoms with Crippen molar-refractivity contribution in [2.45, 2.75) is 37.8 Å². The second kappa shape index (κ2) is 19.6. The van der Waals surface area contributed by atoms with Gasteiger partial charge in [0, 0.05) is 0 Å². The molecule has 2 aromatic rings. The van der Waals surface area contributed by atoms with Gasteiger partial charge >= 0.3 is 11.9 Å². The van der Waals surface area contributed by atoms with Crippen molar-refractivity contribution in [3.63, 3.8) is 0 Å². The SMILES string of the molecule is COc1cc(/C=C/C(=O)CC(=O)/C=C/c2ccc(OC(=O)[C@@H](N)CCSC)c(OC)c2)ccc1OC(=O)[C@@H](N)CCCSC. The van der Waals surface area contributed by atoms with Gasteiger partial charge in [0.2, 0.25) is 0 Å². The molecule has 0 heterocycles. The van der Waals surface area contributed by atoms with E-state index in [9.17, 15) is 19.2 Å². The van der Waals surface area contributed by atoms with Gasteiger partial charge in [-0.2, -0.15) is 23.5 Å². The third-order valence-corrected chi connectivity index (χ3v) is 7.51.